The van der Waals surface area contributed by atoms with Crippen LogP contribution in [-0.4, -0.2) is 19.5 Å². The van der Waals surface area contributed by atoms with Crippen molar-refractivity contribution in [3.05, 3.63) is 29.3 Å². The summed E-state index contributed by atoms with van der Waals surface area (Å²) in [6.45, 7) is 0.372. The molecule has 0 unspecified atom stereocenters. The van der Waals surface area contributed by atoms with Gasteiger partial charge in [-0.25, -0.2) is 0 Å². The Morgan fingerprint density at radius 3 is 2.50 bits per heavy atom. The first-order chi connectivity index (χ1) is 6.65. The Morgan fingerprint density at radius 1 is 1.43 bits per heavy atom. The van der Waals surface area contributed by atoms with Gasteiger partial charge in [-0.3, -0.25) is 4.79 Å². The molecule has 0 spiro atoms. The number of carbonyl (C=O) groups excluding carboxylic acids is 1. The second kappa shape index (κ2) is 4.98. The summed E-state index contributed by atoms with van der Waals surface area (Å²) in [6, 6.07) is 7.11. The highest BCUT2D eigenvalue weighted by atomic mass is 35.5. The third kappa shape index (κ3) is 2.72. The summed E-state index contributed by atoms with van der Waals surface area (Å²) in [4.78, 5) is 13.0. The quantitative estimate of drug-likeness (QED) is 0.828. The van der Waals surface area contributed by atoms with E-state index in [9.17, 15) is 4.79 Å². The van der Waals surface area contributed by atoms with E-state index in [0.717, 1.165) is 5.69 Å². The molecule has 1 aromatic rings. The van der Waals surface area contributed by atoms with Crippen LogP contribution < -0.4 is 10.6 Å². The van der Waals surface area contributed by atoms with Crippen molar-refractivity contribution < 1.29 is 4.79 Å². The Kier molecular flexibility index (Phi) is 3.92. The SMILES string of the molecule is CN(C(=O)CCN)c1ccc(Cl)cc1. The topological polar surface area (TPSA) is 46.3 Å². The first kappa shape index (κ1) is 11.0. The Bertz CT molecular complexity index is 310. The lowest BCUT2D eigenvalue weighted by atomic mass is 10.3. The molecule has 0 heterocycles. The highest BCUT2D eigenvalue weighted by molar-refractivity contribution is 6.30. The van der Waals surface area contributed by atoms with Crippen LogP contribution in [-0.2, 0) is 4.79 Å². The molecule has 14 heavy (non-hydrogen) atoms. The molecule has 1 amide bonds. The predicted octanol–water partition coefficient (Wildman–Crippen LogP) is 1.65. The molecule has 2 N–H and O–H groups in total. The van der Waals surface area contributed by atoms with Crippen molar-refractivity contribution in [2.24, 2.45) is 5.73 Å². The van der Waals surface area contributed by atoms with Crippen LogP contribution in [0.5, 0.6) is 0 Å². The van der Waals surface area contributed by atoms with Gasteiger partial charge < -0.3 is 10.6 Å². The lowest BCUT2D eigenvalue weighted by Gasteiger charge is -2.16. The Morgan fingerprint density at radius 2 is 2.00 bits per heavy atom. The van der Waals surface area contributed by atoms with Crippen LogP contribution in [0.25, 0.3) is 0 Å². The van der Waals surface area contributed by atoms with E-state index in [-0.39, 0.29) is 5.91 Å². The maximum atomic E-state index is 11.4. The van der Waals surface area contributed by atoms with Gasteiger partial charge in [-0.1, -0.05) is 11.6 Å². The van der Waals surface area contributed by atoms with Gasteiger partial charge in [-0.05, 0) is 24.3 Å². The molecule has 0 aliphatic carbocycles. The van der Waals surface area contributed by atoms with Gasteiger partial charge in [-0.15, -0.1) is 0 Å². The van der Waals surface area contributed by atoms with Gasteiger partial charge in [-0.2, -0.15) is 0 Å². The number of hydrogen-bond donors (Lipinski definition) is 1. The van der Waals surface area contributed by atoms with Crippen molar-refractivity contribution in [3.8, 4) is 0 Å². The number of anilines is 1. The average Bonchev–Trinajstić information content (AvgIpc) is 2.18. The van der Waals surface area contributed by atoms with Crippen LogP contribution in [0.15, 0.2) is 24.3 Å². The van der Waals surface area contributed by atoms with Gasteiger partial charge in [0.2, 0.25) is 5.91 Å². The monoisotopic (exact) mass is 212 g/mol. The molecule has 0 aromatic heterocycles. The standard InChI is InChI=1S/C10H13ClN2O/c1-13(10(14)6-7-12)9-4-2-8(11)3-5-9/h2-5H,6-7,12H2,1H3. The van der Waals surface area contributed by atoms with Crippen LogP contribution in [0, 0.1) is 0 Å². The molecule has 0 bridgehead atoms. The summed E-state index contributed by atoms with van der Waals surface area (Å²) < 4.78 is 0. The molecular formula is C10H13ClN2O. The number of nitrogens with two attached hydrogens (primary N) is 1. The smallest absolute Gasteiger partial charge is 0.227 e. The Labute approximate surface area is 88.5 Å². The van der Waals surface area contributed by atoms with Gasteiger partial charge >= 0.3 is 0 Å². The molecule has 0 aliphatic rings. The summed E-state index contributed by atoms with van der Waals surface area (Å²) in [7, 11) is 1.72. The molecule has 4 heteroatoms. The van der Waals surface area contributed by atoms with E-state index in [1.54, 1.807) is 36.2 Å². The highest BCUT2D eigenvalue weighted by Gasteiger charge is 2.08. The number of rotatable bonds is 3. The first-order valence-corrected chi connectivity index (χ1v) is 4.75. The minimum atomic E-state index is 0.00909. The minimum absolute atomic E-state index is 0.00909. The molecule has 3 nitrogen and oxygen atoms in total. The Hall–Kier alpha value is -1.06. The number of carbonyl (C=O) groups is 1. The number of benzene rings is 1. The first-order valence-electron chi connectivity index (χ1n) is 4.37. The molecule has 1 rings (SSSR count). The molecular weight excluding hydrogens is 200 g/mol. The molecule has 0 saturated heterocycles. The summed E-state index contributed by atoms with van der Waals surface area (Å²) in [5.74, 6) is 0.00909. The van der Waals surface area contributed by atoms with Crippen LogP contribution in [0.1, 0.15) is 6.42 Å². The third-order valence-corrected chi connectivity index (χ3v) is 2.20. The van der Waals surface area contributed by atoms with E-state index in [4.69, 9.17) is 17.3 Å². The zero-order chi connectivity index (χ0) is 10.6. The van der Waals surface area contributed by atoms with Gasteiger partial charge in [0.05, 0.1) is 0 Å². The zero-order valence-corrected chi connectivity index (χ0v) is 8.79. The van der Waals surface area contributed by atoms with Crippen molar-refractivity contribution in [3.63, 3.8) is 0 Å². The fraction of sp³-hybridized carbons (Fsp3) is 0.300. The molecule has 76 valence electrons. The molecule has 0 saturated carbocycles. The number of nitrogens with zero attached hydrogens (tertiary/aromatic N) is 1. The fourth-order valence-electron chi connectivity index (χ4n) is 1.10. The van der Waals surface area contributed by atoms with Crippen LogP contribution >= 0.6 is 11.6 Å². The second-order valence-corrected chi connectivity index (χ2v) is 3.40. The highest BCUT2D eigenvalue weighted by Crippen LogP contribution is 2.17. The van der Waals surface area contributed by atoms with Crippen LogP contribution in [0.3, 0.4) is 0 Å². The van der Waals surface area contributed by atoms with E-state index >= 15 is 0 Å². The molecule has 0 radical (unpaired) electrons. The van der Waals surface area contributed by atoms with Gasteiger partial charge in [0.15, 0.2) is 0 Å². The third-order valence-electron chi connectivity index (χ3n) is 1.95. The van der Waals surface area contributed by atoms with Crippen molar-refractivity contribution in [2.45, 2.75) is 6.42 Å². The van der Waals surface area contributed by atoms with Gasteiger partial charge in [0, 0.05) is 30.7 Å². The maximum Gasteiger partial charge on any atom is 0.227 e. The van der Waals surface area contributed by atoms with Crippen molar-refractivity contribution >= 4 is 23.2 Å². The Balaban J connectivity index is 2.73. The molecule has 0 fully saturated rings. The van der Waals surface area contributed by atoms with Gasteiger partial charge in [0.25, 0.3) is 0 Å². The van der Waals surface area contributed by atoms with Crippen molar-refractivity contribution in [1.29, 1.82) is 0 Å². The van der Waals surface area contributed by atoms with E-state index in [2.05, 4.69) is 0 Å². The van der Waals surface area contributed by atoms with Crippen molar-refractivity contribution in [2.75, 3.05) is 18.5 Å². The van der Waals surface area contributed by atoms with E-state index in [1.165, 1.54) is 0 Å². The fourth-order valence-corrected chi connectivity index (χ4v) is 1.23. The van der Waals surface area contributed by atoms with Crippen LogP contribution in [0.2, 0.25) is 5.02 Å². The van der Waals surface area contributed by atoms with Crippen molar-refractivity contribution in [1.82, 2.24) is 0 Å². The van der Waals surface area contributed by atoms with Crippen LogP contribution in [0.4, 0.5) is 5.69 Å². The summed E-state index contributed by atoms with van der Waals surface area (Å²) in [5, 5.41) is 0.661. The summed E-state index contributed by atoms with van der Waals surface area (Å²) in [6.07, 6.45) is 0.360. The second-order valence-electron chi connectivity index (χ2n) is 2.97. The normalized spacial score (nSPS) is 9.93. The predicted molar refractivity (Wildman–Crippen MR) is 58.5 cm³/mol. The van der Waals surface area contributed by atoms with E-state index in [1.807, 2.05) is 0 Å². The number of hydrogen-bond acceptors (Lipinski definition) is 2. The average molecular weight is 213 g/mol. The largest absolute Gasteiger partial charge is 0.330 e. The maximum absolute atomic E-state index is 11.4. The number of amides is 1. The lowest BCUT2D eigenvalue weighted by Crippen LogP contribution is -2.27. The summed E-state index contributed by atoms with van der Waals surface area (Å²) in [5.41, 5.74) is 6.13. The summed E-state index contributed by atoms with van der Waals surface area (Å²) >= 11 is 5.73. The molecule has 1 aromatic carbocycles. The molecule has 0 atom stereocenters. The number of halogens is 1. The van der Waals surface area contributed by atoms with E-state index in [0.29, 0.717) is 18.0 Å². The molecule has 0 aliphatic heterocycles. The lowest BCUT2D eigenvalue weighted by molar-refractivity contribution is -0.118. The van der Waals surface area contributed by atoms with Gasteiger partial charge in [0.1, 0.15) is 0 Å². The van der Waals surface area contributed by atoms with E-state index < -0.39 is 0 Å². The zero-order valence-electron chi connectivity index (χ0n) is 8.03. The minimum Gasteiger partial charge on any atom is -0.330 e.